The summed E-state index contributed by atoms with van der Waals surface area (Å²) in [5.41, 5.74) is 5.35. The summed E-state index contributed by atoms with van der Waals surface area (Å²) in [6.07, 6.45) is 55.0. The Morgan fingerprint density at radius 1 is 0.525 bits per heavy atom. The summed E-state index contributed by atoms with van der Waals surface area (Å²) in [4.78, 5) is 35.0. The molecule has 0 aliphatic rings. The van der Waals surface area contributed by atoms with Gasteiger partial charge in [0.15, 0.2) is 6.10 Å². The summed E-state index contributed by atoms with van der Waals surface area (Å²) in [5, 5.41) is 0. The average molecular weight is 848 g/mol. The van der Waals surface area contributed by atoms with Gasteiger partial charge in [-0.05, 0) is 83.5 Å². The molecular formula is C49H86NO8P. The number of nitrogens with two attached hydrogens (primary N) is 1. The fraction of sp³-hybridized carbons (Fsp3) is 0.714. The minimum absolute atomic E-state index is 0.0460. The van der Waals surface area contributed by atoms with E-state index in [1.54, 1.807) is 0 Å². The van der Waals surface area contributed by atoms with Gasteiger partial charge in [-0.2, -0.15) is 0 Å². The molecular weight excluding hydrogens is 762 g/mol. The van der Waals surface area contributed by atoms with Crippen LogP contribution in [0.2, 0.25) is 0 Å². The van der Waals surface area contributed by atoms with E-state index in [0.717, 1.165) is 103 Å². The molecule has 0 radical (unpaired) electrons. The molecule has 340 valence electrons. The van der Waals surface area contributed by atoms with Crippen LogP contribution in [0.5, 0.6) is 0 Å². The van der Waals surface area contributed by atoms with Crippen molar-refractivity contribution in [1.29, 1.82) is 0 Å². The third-order valence-electron chi connectivity index (χ3n) is 9.58. The maximum atomic E-state index is 12.6. The molecule has 0 aromatic carbocycles. The summed E-state index contributed by atoms with van der Waals surface area (Å²) < 4.78 is 32.8. The van der Waals surface area contributed by atoms with Crippen LogP contribution in [0.4, 0.5) is 0 Å². The van der Waals surface area contributed by atoms with Crippen LogP contribution in [0.15, 0.2) is 72.9 Å². The zero-order valence-corrected chi connectivity index (χ0v) is 38.4. The van der Waals surface area contributed by atoms with Crippen molar-refractivity contribution >= 4 is 19.8 Å². The SMILES string of the molecule is CC/C=C\C/C=C\C/C=C\CCCCCCCCCC(=O)OCC(COP(=O)(O)OCCN)OC(=O)CCCCCCCC/C=C\C/C=C\C/C=C\CCCCCCC. The van der Waals surface area contributed by atoms with Gasteiger partial charge in [0.1, 0.15) is 6.61 Å². The van der Waals surface area contributed by atoms with Crippen LogP contribution < -0.4 is 5.73 Å². The topological polar surface area (TPSA) is 134 Å². The number of ether oxygens (including phenoxy) is 2. The minimum atomic E-state index is -4.39. The van der Waals surface area contributed by atoms with Crippen molar-refractivity contribution < 1.29 is 37.6 Å². The second-order valence-corrected chi connectivity index (χ2v) is 16.7. The van der Waals surface area contributed by atoms with E-state index in [2.05, 4.69) is 86.8 Å². The van der Waals surface area contributed by atoms with Gasteiger partial charge >= 0.3 is 19.8 Å². The monoisotopic (exact) mass is 848 g/mol. The van der Waals surface area contributed by atoms with Crippen LogP contribution >= 0.6 is 7.82 Å². The predicted molar refractivity (Wildman–Crippen MR) is 247 cm³/mol. The highest BCUT2D eigenvalue weighted by Gasteiger charge is 2.26. The summed E-state index contributed by atoms with van der Waals surface area (Å²) in [7, 11) is -4.39. The highest BCUT2D eigenvalue weighted by atomic mass is 31.2. The molecule has 9 nitrogen and oxygen atoms in total. The van der Waals surface area contributed by atoms with E-state index >= 15 is 0 Å². The second kappa shape index (κ2) is 45.0. The number of esters is 2. The zero-order chi connectivity index (χ0) is 43.2. The normalized spacial score (nSPS) is 13.9. The first-order valence-corrected chi connectivity index (χ1v) is 24.9. The van der Waals surface area contributed by atoms with E-state index in [4.69, 9.17) is 24.3 Å². The quantitative estimate of drug-likeness (QED) is 0.0266. The third-order valence-corrected chi connectivity index (χ3v) is 10.6. The fourth-order valence-electron chi connectivity index (χ4n) is 6.13. The van der Waals surface area contributed by atoms with Gasteiger partial charge in [-0.25, -0.2) is 4.57 Å². The van der Waals surface area contributed by atoms with Crippen molar-refractivity contribution in [3.63, 3.8) is 0 Å². The predicted octanol–water partition coefficient (Wildman–Crippen LogP) is 13.8. The lowest BCUT2D eigenvalue weighted by atomic mass is 10.1. The highest BCUT2D eigenvalue weighted by molar-refractivity contribution is 7.47. The number of phosphoric acid groups is 1. The first-order chi connectivity index (χ1) is 28.8. The zero-order valence-electron chi connectivity index (χ0n) is 37.5. The number of carbonyl (C=O) groups is 2. The molecule has 0 saturated carbocycles. The number of phosphoric ester groups is 1. The molecule has 0 amide bonds. The molecule has 0 aliphatic carbocycles. The van der Waals surface area contributed by atoms with Crippen LogP contribution in [0.25, 0.3) is 0 Å². The maximum Gasteiger partial charge on any atom is 0.472 e. The number of carbonyl (C=O) groups excluding carboxylic acids is 2. The van der Waals surface area contributed by atoms with Crippen molar-refractivity contribution in [2.75, 3.05) is 26.4 Å². The Hall–Kier alpha value is -2.55. The summed E-state index contributed by atoms with van der Waals surface area (Å²) in [6, 6.07) is 0. The van der Waals surface area contributed by atoms with Crippen LogP contribution in [0, 0.1) is 0 Å². The molecule has 0 bridgehead atoms. The number of hydrogen-bond donors (Lipinski definition) is 2. The van der Waals surface area contributed by atoms with Gasteiger partial charge in [0, 0.05) is 19.4 Å². The maximum absolute atomic E-state index is 12.6. The summed E-state index contributed by atoms with van der Waals surface area (Å²) in [5.74, 6) is -0.858. The Bertz CT molecular complexity index is 1190. The van der Waals surface area contributed by atoms with Gasteiger partial charge in [-0.3, -0.25) is 18.6 Å². The second-order valence-electron chi connectivity index (χ2n) is 15.2. The van der Waals surface area contributed by atoms with E-state index in [1.807, 2.05) is 0 Å². The molecule has 0 aromatic heterocycles. The number of hydrogen-bond acceptors (Lipinski definition) is 8. The third kappa shape index (κ3) is 44.8. The lowest BCUT2D eigenvalue weighted by Gasteiger charge is -2.19. The van der Waals surface area contributed by atoms with E-state index in [9.17, 15) is 19.0 Å². The molecule has 0 fully saturated rings. The van der Waals surface area contributed by atoms with Crippen molar-refractivity contribution in [2.45, 2.75) is 200 Å². The van der Waals surface area contributed by atoms with Crippen LogP contribution in [-0.4, -0.2) is 49.3 Å². The van der Waals surface area contributed by atoms with Gasteiger partial charge in [-0.15, -0.1) is 0 Å². The van der Waals surface area contributed by atoms with Crippen LogP contribution in [0.3, 0.4) is 0 Å². The van der Waals surface area contributed by atoms with E-state index in [1.165, 1.54) is 57.8 Å². The van der Waals surface area contributed by atoms with Gasteiger partial charge < -0.3 is 20.1 Å². The standard InChI is InChI=1S/C49H86NO8P/c1-3-5-7-9-11-13-15-17-19-21-22-23-24-26-28-30-32-34-36-38-40-42-49(52)58-47(46-57-59(53,54)56-44-43-50)45-55-48(51)41-39-37-35-33-31-29-27-25-20-18-16-14-12-10-8-6-4-2/h6,8,12,14-15,17-18,20-22,24,26,47H,3-5,7,9-11,13,16,19,23,25,27-46,50H2,1-2H3,(H,53,54)/b8-6-,14-12-,17-15-,20-18-,22-21-,26-24-. The van der Waals surface area contributed by atoms with Crippen LogP contribution in [-0.2, 0) is 32.7 Å². The molecule has 3 N–H and O–H groups in total. The van der Waals surface area contributed by atoms with Crippen molar-refractivity contribution in [2.24, 2.45) is 5.73 Å². The molecule has 59 heavy (non-hydrogen) atoms. The first kappa shape index (κ1) is 56.5. The summed E-state index contributed by atoms with van der Waals surface area (Å²) in [6.45, 7) is 3.58. The van der Waals surface area contributed by atoms with Gasteiger partial charge in [0.2, 0.25) is 0 Å². The largest absolute Gasteiger partial charge is 0.472 e. The highest BCUT2D eigenvalue weighted by Crippen LogP contribution is 2.43. The van der Waals surface area contributed by atoms with Crippen molar-refractivity contribution in [3.8, 4) is 0 Å². The molecule has 0 saturated heterocycles. The van der Waals surface area contributed by atoms with Gasteiger partial charge in [0.05, 0.1) is 13.2 Å². The number of unbranched alkanes of at least 4 members (excludes halogenated alkanes) is 18. The number of allylic oxidation sites excluding steroid dienone is 12. The molecule has 2 atom stereocenters. The smallest absolute Gasteiger partial charge is 0.462 e. The van der Waals surface area contributed by atoms with Crippen molar-refractivity contribution in [3.05, 3.63) is 72.9 Å². The molecule has 0 aliphatic heterocycles. The lowest BCUT2D eigenvalue weighted by molar-refractivity contribution is -0.161. The molecule has 0 aromatic rings. The van der Waals surface area contributed by atoms with Crippen molar-refractivity contribution in [1.82, 2.24) is 0 Å². The molecule has 2 unspecified atom stereocenters. The Morgan fingerprint density at radius 3 is 1.39 bits per heavy atom. The average Bonchev–Trinajstić information content (AvgIpc) is 3.22. The molecule has 0 heterocycles. The van der Waals surface area contributed by atoms with Crippen LogP contribution in [0.1, 0.15) is 194 Å². The molecule has 0 rings (SSSR count). The fourth-order valence-corrected chi connectivity index (χ4v) is 6.89. The van der Waals surface area contributed by atoms with Gasteiger partial charge in [-0.1, -0.05) is 170 Å². The van der Waals surface area contributed by atoms with E-state index < -0.39 is 32.5 Å². The molecule has 10 heteroatoms. The Morgan fingerprint density at radius 2 is 0.932 bits per heavy atom. The first-order valence-electron chi connectivity index (χ1n) is 23.4. The van der Waals surface area contributed by atoms with E-state index in [0.29, 0.717) is 6.42 Å². The number of rotatable bonds is 43. The lowest BCUT2D eigenvalue weighted by Crippen LogP contribution is -2.29. The molecule has 0 spiro atoms. The Balaban J connectivity index is 4.16. The van der Waals surface area contributed by atoms with Gasteiger partial charge in [0.25, 0.3) is 0 Å². The Labute approximate surface area is 361 Å². The summed E-state index contributed by atoms with van der Waals surface area (Å²) >= 11 is 0. The van der Waals surface area contributed by atoms with E-state index in [-0.39, 0.29) is 32.6 Å². The Kier molecular flexibility index (Phi) is 43.0. The minimum Gasteiger partial charge on any atom is -0.462 e.